The summed E-state index contributed by atoms with van der Waals surface area (Å²) in [6.45, 7) is 3.20. The zero-order valence-corrected chi connectivity index (χ0v) is 14.9. The maximum atomic E-state index is 12.8. The Balaban J connectivity index is 1.45. The van der Waals surface area contributed by atoms with Crippen LogP contribution in [0.25, 0.3) is 0 Å². The van der Waals surface area contributed by atoms with Gasteiger partial charge in [-0.05, 0) is 61.7 Å². The summed E-state index contributed by atoms with van der Waals surface area (Å²) < 4.78 is 38.3. The standard InChI is InChI=1S/C20H22F3N3O/c21-20(22,23)18-5-1-4-17(11-18)19(27)25-13-15-6-9-26(10-7-15)14-16-3-2-8-24-12-16/h1-5,8,11-12,15H,6-7,9-10,13-14H2,(H,25,27). The van der Waals surface area contributed by atoms with Gasteiger partial charge in [0.15, 0.2) is 0 Å². The van der Waals surface area contributed by atoms with Crippen LogP contribution in [0.15, 0.2) is 48.8 Å². The van der Waals surface area contributed by atoms with E-state index in [9.17, 15) is 18.0 Å². The van der Waals surface area contributed by atoms with Crippen LogP contribution in [0.5, 0.6) is 0 Å². The highest BCUT2D eigenvalue weighted by molar-refractivity contribution is 5.94. The van der Waals surface area contributed by atoms with Gasteiger partial charge in [-0.15, -0.1) is 0 Å². The van der Waals surface area contributed by atoms with Gasteiger partial charge in [-0.25, -0.2) is 0 Å². The molecule has 3 rings (SSSR count). The first kappa shape index (κ1) is 19.4. The minimum Gasteiger partial charge on any atom is -0.352 e. The highest BCUT2D eigenvalue weighted by Crippen LogP contribution is 2.29. The number of hydrogen-bond acceptors (Lipinski definition) is 3. The molecular formula is C20H22F3N3O. The largest absolute Gasteiger partial charge is 0.416 e. The molecule has 1 aliphatic heterocycles. The first-order valence-corrected chi connectivity index (χ1v) is 8.98. The Morgan fingerprint density at radius 1 is 1.19 bits per heavy atom. The number of halogens is 3. The van der Waals surface area contributed by atoms with E-state index in [2.05, 4.69) is 15.2 Å². The van der Waals surface area contributed by atoms with Gasteiger partial charge in [0.05, 0.1) is 5.56 Å². The average molecular weight is 377 g/mol. The molecule has 0 aliphatic carbocycles. The van der Waals surface area contributed by atoms with Gasteiger partial charge in [0.1, 0.15) is 0 Å². The van der Waals surface area contributed by atoms with Crippen molar-refractivity contribution in [3.63, 3.8) is 0 Å². The molecule has 1 amide bonds. The lowest BCUT2D eigenvalue weighted by atomic mass is 9.96. The summed E-state index contributed by atoms with van der Waals surface area (Å²) in [5.74, 6) is -0.121. The number of carbonyl (C=O) groups is 1. The molecular weight excluding hydrogens is 355 g/mol. The highest BCUT2D eigenvalue weighted by Gasteiger charge is 2.31. The molecule has 1 fully saturated rings. The summed E-state index contributed by atoms with van der Waals surface area (Å²) in [6, 6.07) is 8.50. The van der Waals surface area contributed by atoms with Crippen LogP contribution in [-0.2, 0) is 12.7 Å². The van der Waals surface area contributed by atoms with Crippen LogP contribution in [0.1, 0.15) is 34.3 Å². The van der Waals surface area contributed by atoms with Gasteiger partial charge in [-0.3, -0.25) is 14.7 Å². The number of hydrogen-bond donors (Lipinski definition) is 1. The fourth-order valence-electron chi connectivity index (χ4n) is 3.27. The van der Waals surface area contributed by atoms with E-state index in [1.165, 1.54) is 17.7 Å². The predicted octanol–water partition coefficient (Wildman–Crippen LogP) is 3.74. The molecule has 7 heteroatoms. The molecule has 1 saturated heterocycles. The van der Waals surface area contributed by atoms with Crippen LogP contribution in [0.3, 0.4) is 0 Å². The maximum Gasteiger partial charge on any atom is 0.416 e. The van der Waals surface area contributed by atoms with Crippen molar-refractivity contribution in [2.75, 3.05) is 19.6 Å². The molecule has 0 atom stereocenters. The van der Waals surface area contributed by atoms with Crippen molar-refractivity contribution < 1.29 is 18.0 Å². The highest BCUT2D eigenvalue weighted by atomic mass is 19.4. The van der Waals surface area contributed by atoms with E-state index in [-0.39, 0.29) is 5.56 Å². The Morgan fingerprint density at radius 3 is 2.63 bits per heavy atom. The number of nitrogens with zero attached hydrogens (tertiary/aromatic N) is 2. The smallest absolute Gasteiger partial charge is 0.352 e. The summed E-state index contributed by atoms with van der Waals surface area (Å²) in [4.78, 5) is 18.6. The Morgan fingerprint density at radius 2 is 1.96 bits per heavy atom. The molecule has 0 radical (unpaired) electrons. The van der Waals surface area contributed by atoms with Gasteiger partial charge in [-0.1, -0.05) is 12.1 Å². The van der Waals surface area contributed by atoms with Crippen molar-refractivity contribution in [2.24, 2.45) is 5.92 Å². The molecule has 1 aromatic carbocycles. The van der Waals surface area contributed by atoms with Crippen molar-refractivity contribution in [1.29, 1.82) is 0 Å². The second-order valence-corrected chi connectivity index (χ2v) is 6.87. The number of nitrogens with one attached hydrogen (secondary N) is 1. The van der Waals surface area contributed by atoms with Crippen LogP contribution in [0.4, 0.5) is 13.2 Å². The summed E-state index contributed by atoms with van der Waals surface area (Å²) in [5.41, 5.74) is 0.409. The third kappa shape index (κ3) is 5.53. The number of likely N-dealkylation sites (tertiary alicyclic amines) is 1. The SMILES string of the molecule is O=C(NCC1CCN(Cc2cccnc2)CC1)c1cccc(C(F)(F)F)c1. The van der Waals surface area contributed by atoms with Crippen LogP contribution in [0, 0.1) is 5.92 Å². The topological polar surface area (TPSA) is 45.2 Å². The predicted molar refractivity (Wildman–Crippen MR) is 96.0 cm³/mol. The monoisotopic (exact) mass is 377 g/mol. The summed E-state index contributed by atoms with van der Waals surface area (Å²) in [5, 5.41) is 2.78. The lowest BCUT2D eigenvalue weighted by molar-refractivity contribution is -0.137. The number of alkyl halides is 3. The Bertz CT molecular complexity index is 757. The molecule has 0 bridgehead atoms. The van der Waals surface area contributed by atoms with E-state index < -0.39 is 17.6 Å². The average Bonchev–Trinajstić information content (AvgIpc) is 2.67. The summed E-state index contributed by atoms with van der Waals surface area (Å²) >= 11 is 0. The zero-order valence-electron chi connectivity index (χ0n) is 14.9. The van der Waals surface area contributed by atoms with Crippen molar-refractivity contribution in [2.45, 2.75) is 25.6 Å². The van der Waals surface area contributed by atoms with E-state index in [4.69, 9.17) is 0 Å². The number of aromatic nitrogens is 1. The molecule has 1 aliphatic rings. The van der Waals surface area contributed by atoms with E-state index >= 15 is 0 Å². The number of benzene rings is 1. The van der Waals surface area contributed by atoms with E-state index in [1.54, 1.807) is 6.20 Å². The van der Waals surface area contributed by atoms with Gasteiger partial charge in [0.25, 0.3) is 5.91 Å². The summed E-state index contributed by atoms with van der Waals surface area (Å²) in [7, 11) is 0. The molecule has 4 nitrogen and oxygen atoms in total. The molecule has 2 aromatic rings. The Kier molecular flexibility index (Phi) is 6.11. The van der Waals surface area contributed by atoms with Crippen LogP contribution >= 0.6 is 0 Å². The summed E-state index contributed by atoms with van der Waals surface area (Å²) in [6.07, 6.45) is 1.06. The number of amides is 1. The molecule has 27 heavy (non-hydrogen) atoms. The fraction of sp³-hybridized carbons (Fsp3) is 0.400. The van der Waals surface area contributed by atoms with E-state index in [0.717, 1.165) is 44.6 Å². The van der Waals surface area contributed by atoms with Crippen LogP contribution < -0.4 is 5.32 Å². The quantitative estimate of drug-likeness (QED) is 0.863. The van der Waals surface area contributed by atoms with Crippen LogP contribution in [-0.4, -0.2) is 35.4 Å². The van der Waals surface area contributed by atoms with Gasteiger partial charge < -0.3 is 5.32 Å². The molecule has 1 N–H and O–H groups in total. The Hall–Kier alpha value is -2.41. The molecule has 1 aromatic heterocycles. The molecule has 0 unspecified atom stereocenters. The van der Waals surface area contributed by atoms with Crippen molar-refractivity contribution >= 4 is 5.91 Å². The first-order chi connectivity index (χ1) is 12.9. The van der Waals surface area contributed by atoms with Gasteiger partial charge in [0, 0.05) is 31.0 Å². The number of rotatable bonds is 5. The number of pyridine rings is 1. The van der Waals surface area contributed by atoms with Crippen LogP contribution in [0.2, 0.25) is 0 Å². The van der Waals surface area contributed by atoms with Gasteiger partial charge >= 0.3 is 6.18 Å². The lowest BCUT2D eigenvalue weighted by Gasteiger charge is -2.32. The van der Waals surface area contributed by atoms with E-state index in [0.29, 0.717) is 12.5 Å². The van der Waals surface area contributed by atoms with Gasteiger partial charge in [0.2, 0.25) is 0 Å². The van der Waals surface area contributed by atoms with Gasteiger partial charge in [-0.2, -0.15) is 13.2 Å². The number of piperidine rings is 1. The second-order valence-electron chi connectivity index (χ2n) is 6.87. The third-order valence-corrected chi connectivity index (χ3v) is 4.84. The van der Waals surface area contributed by atoms with Crippen molar-refractivity contribution in [1.82, 2.24) is 15.2 Å². The second kappa shape index (κ2) is 8.52. The fourth-order valence-corrected chi connectivity index (χ4v) is 3.27. The Labute approximate surface area is 156 Å². The minimum absolute atomic E-state index is 0.0406. The molecule has 2 heterocycles. The van der Waals surface area contributed by atoms with E-state index in [1.807, 2.05) is 18.3 Å². The minimum atomic E-state index is -4.45. The molecule has 144 valence electrons. The third-order valence-electron chi connectivity index (χ3n) is 4.84. The first-order valence-electron chi connectivity index (χ1n) is 8.98. The molecule has 0 saturated carbocycles. The normalized spacial score (nSPS) is 16.3. The maximum absolute atomic E-state index is 12.8. The molecule has 0 spiro atoms. The lowest BCUT2D eigenvalue weighted by Crippen LogP contribution is -2.38. The number of carbonyl (C=O) groups excluding carboxylic acids is 1. The zero-order chi connectivity index (χ0) is 19.3. The van der Waals surface area contributed by atoms with Crippen molar-refractivity contribution in [3.05, 3.63) is 65.5 Å². The van der Waals surface area contributed by atoms with Crippen molar-refractivity contribution in [3.8, 4) is 0 Å².